The Labute approximate surface area is 303 Å². The van der Waals surface area contributed by atoms with Crippen molar-refractivity contribution in [3.8, 4) is 0 Å². The average molecular weight is 675 g/mol. The van der Waals surface area contributed by atoms with Crippen LogP contribution in [0.2, 0.25) is 0 Å². The van der Waals surface area contributed by atoms with E-state index < -0.39 is 0 Å². The number of carbonyl (C=O) groups excluding carboxylic acids is 1. The lowest BCUT2D eigenvalue weighted by Crippen LogP contribution is -2.53. The molecule has 276 valence electrons. The number of hydrogen-bond acceptors (Lipinski definition) is 4. The first kappa shape index (κ1) is 45.8. The highest BCUT2D eigenvalue weighted by Crippen LogP contribution is 2.39. The Balaban J connectivity index is 0.000000611. The van der Waals surface area contributed by atoms with Crippen LogP contribution in [0.25, 0.3) is 0 Å². The third kappa shape index (κ3) is 21.5. The van der Waals surface area contributed by atoms with Gasteiger partial charge >= 0.3 is 0 Å². The van der Waals surface area contributed by atoms with Crippen molar-refractivity contribution in [3.63, 3.8) is 0 Å². The van der Waals surface area contributed by atoms with Crippen molar-refractivity contribution in [3.05, 3.63) is 91.7 Å². The summed E-state index contributed by atoms with van der Waals surface area (Å²) in [6.07, 6.45) is 23.3. The molecule has 0 radical (unpaired) electrons. The van der Waals surface area contributed by atoms with Gasteiger partial charge in [0.1, 0.15) is 0 Å². The standard InChI is InChI=1S/C11H19N.C10H18N2O.C10H13N.C10H18.C3H6/c1-5-7-8-9-12-11(4)10(3)6-2;1-4-9-7-11-5-6-12(9)10(13)8(2)3;1-8(2)9-6-4-5-7-10(9)11-3;1-2-4-9(5-3-1)8-10-6-7-10;1-3-2/h6,8-9,11-12H,2-3,5,7H2,1,4H3;9,11H,2,4-7H2,1,3H3;4-8H,3H2,1-2H3;9-10H,1-8H2;3H,1H2,2H3/b9-8+;;;;/t;9-;;;/m.1.../s1. The van der Waals surface area contributed by atoms with E-state index in [4.69, 9.17) is 0 Å². The Morgan fingerprint density at radius 3 is 2.14 bits per heavy atom. The lowest BCUT2D eigenvalue weighted by molar-refractivity contribution is -0.130. The highest BCUT2D eigenvalue weighted by molar-refractivity contribution is 5.92. The minimum atomic E-state index is 0.105. The Morgan fingerprint density at radius 2 is 1.65 bits per heavy atom. The lowest BCUT2D eigenvalue weighted by atomic mass is 9.86. The number of amides is 1. The molecule has 4 rings (SSSR count). The third-order valence-corrected chi connectivity index (χ3v) is 9.00. The first-order chi connectivity index (χ1) is 23.5. The predicted octanol–water partition coefficient (Wildman–Crippen LogP) is 11.5. The molecule has 49 heavy (non-hydrogen) atoms. The second kappa shape index (κ2) is 28.6. The minimum absolute atomic E-state index is 0.105. The number of hydrogen-bond donors (Lipinski definition) is 2. The van der Waals surface area contributed by atoms with Gasteiger partial charge in [0.05, 0.1) is 5.69 Å². The van der Waals surface area contributed by atoms with Gasteiger partial charge in [0, 0.05) is 37.3 Å². The summed E-state index contributed by atoms with van der Waals surface area (Å²) in [5, 5.41) is 6.50. The fraction of sp³-hybridized carbons (Fsp3) is 0.591. The molecule has 3 fully saturated rings. The van der Waals surface area contributed by atoms with Gasteiger partial charge < -0.3 is 15.5 Å². The summed E-state index contributed by atoms with van der Waals surface area (Å²) in [7, 11) is 0. The molecule has 1 saturated heterocycles. The van der Waals surface area contributed by atoms with Crippen LogP contribution in [0.15, 0.2) is 91.1 Å². The van der Waals surface area contributed by atoms with E-state index in [0.717, 1.165) is 49.7 Å². The summed E-state index contributed by atoms with van der Waals surface area (Å²) in [6.45, 7) is 35.0. The zero-order chi connectivity index (χ0) is 37.0. The molecule has 1 aromatic rings. The van der Waals surface area contributed by atoms with E-state index in [2.05, 4.69) is 95.4 Å². The lowest BCUT2D eigenvalue weighted by Gasteiger charge is -2.35. The second-order valence-corrected chi connectivity index (χ2v) is 13.9. The molecule has 1 unspecified atom stereocenters. The van der Waals surface area contributed by atoms with E-state index in [1.165, 1.54) is 37.2 Å². The molecule has 1 heterocycles. The molecule has 1 aromatic carbocycles. The predicted molar refractivity (Wildman–Crippen MR) is 219 cm³/mol. The van der Waals surface area contributed by atoms with Gasteiger partial charge in [-0.3, -0.25) is 9.79 Å². The zero-order valence-electron chi connectivity index (χ0n) is 32.7. The van der Waals surface area contributed by atoms with Crippen LogP contribution in [0, 0.1) is 11.8 Å². The number of rotatable bonds is 12. The largest absolute Gasteiger partial charge is 0.385 e. The first-order valence-corrected chi connectivity index (χ1v) is 19.0. The number of para-hydroxylation sites is 1. The van der Waals surface area contributed by atoms with Gasteiger partial charge in [-0.2, -0.15) is 0 Å². The van der Waals surface area contributed by atoms with Crippen LogP contribution in [0.3, 0.4) is 0 Å². The Morgan fingerprint density at radius 1 is 1.04 bits per heavy atom. The summed E-state index contributed by atoms with van der Waals surface area (Å²) in [5.41, 5.74) is 3.93. The SMILES string of the molecule is C1CCC(CC2CC2)CC1.C=C(C)C(=O)N1CCNC[C@H]1CC.C=CC.C=CC(=C)C(C)N/C=C/CCC.C=Nc1ccccc1C(C)C. The normalized spacial score (nSPS) is 17.6. The van der Waals surface area contributed by atoms with Gasteiger partial charge in [-0.05, 0) is 87.9 Å². The maximum atomic E-state index is 11.7. The van der Waals surface area contributed by atoms with Crippen molar-refractivity contribution >= 4 is 18.3 Å². The Hall–Kier alpha value is -3.18. The van der Waals surface area contributed by atoms with Crippen molar-refractivity contribution in [2.75, 3.05) is 19.6 Å². The van der Waals surface area contributed by atoms with Gasteiger partial charge in [0.15, 0.2) is 0 Å². The van der Waals surface area contributed by atoms with Crippen molar-refractivity contribution in [1.29, 1.82) is 0 Å². The fourth-order valence-corrected chi connectivity index (χ4v) is 5.75. The number of nitrogens with one attached hydrogen (secondary N) is 2. The van der Waals surface area contributed by atoms with Crippen LogP contribution in [-0.2, 0) is 4.79 Å². The van der Waals surface area contributed by atoms with Crippen molar-refractivity contribution < 1.29 is 4.79 Å². The van der Waals surface area contributed by atoms with Gasteiger partial charge in [-0.1, -0.05) is 135 Å². The number of nitrogens with zero attached hydrogens (tertiary/aromatic N) is 2. The van der Waals surface area contributed by atoms with Crippen LogP contribution < -0.4 is 10.6 Å². The van der Waals surface area contributed by atoms with Gasteiger partial charge in [-0.15, -0.1) is 6.58 Å². The van der Waals surface area contributed by atoms with Gasteiger partial charge in [0.25, 0.3) is 0 Å². The van der Waals surface area contributed by atoms with Crippen molar-refractivity contribution in [2.24, 2.45) is 16.8 Å². The Bertz CT molecular complexity index is 1110. The average Bonchev–Trinajstić information content (AvgIpc) is 3.94. The quantitative estimate of drug-likeness (QED) is 0.100. The van der Waals surface area contributed by atoms with Crippen LogP contribution in [-0.4, -0.2) is 49.2 Å². The molecule has 5 heteroatoms. The van der Waals surface area contributed by atoms with E-state index in [-0.39, 0.29) is 11.9 Å². The number of unbranched alkanes of at least 4 members (excludes halogenated alkanes) is 1. The zero-order valence-corrected chi connectivity index (χ0v) is 32.7. The van der Waals surface area contributed by atoms with Crippen LogP contribution in [0.1, 0.15) is 131 Å². The monoisotopic (exact) mass is 675 g/mol. The third-order valence-electron chi connectivity index (χ3n) is 9.00. The second-order valence-electron chi connectivity index (χ2n) is 13.9. The fourth-order valence-electron chi connectivity index (χ4n) is 5.75. The molecule has 2 aliphatic carbocycles. The highest BCUT2D eigenvalue weighted by Gasteiger charge is 2.26. The van der Waals surface area contributed by atoms with E-state index in [0.29, 0.717) is 17.5 Å². The van der Waals surface area contributed by atoms with E-state index in [1.54, 1.807) is 51.2 Å². The van der Waals surface area contributed by atoms with Crippen molar-refractivity contribution in [1.82, 2.24) is 15.5 Å². The highest BCUT2D eigenvalue weighted by atomic mass is 16.2. The molecule has 0 spiro atoms. The van der Waals surface area contributed by atoms with Crippen LogP contribution in [0.4, 0.5) is 5.69 Å². The molecular formula is C44H74N4O. The number of allylic oxidation sites excluding steroid dienone is 2. The summed E-state index contributed by atoms with van der Waals surface area (Å²) < 4.78 is 0. The molecule has 2 N–H and O–H groups in total. The molecule has 5 nitrogen and oxygen atoms in total. The van der Waals surface area contributed by atoms with E-state index in [1.807, 2.05) is 36.2 Å². The summed E-state index contributed by atoms with van der Waals surface area (Å²) >= 11 is 0. The smallest absolute Gasteiger partial charge is 0.249 e. The number of aliphatic imine (C=N–C) groups is 1. The van der Waals surface area contributed by atoms with Crippen LogP contribution in [0.5, 0.6) is 0 Å². The molecule has 3 aliphatic rings. The molecular weight excluding hydrogens is 601 g/mol. The maximum absolute atomic E-state index is 11.7. The van der Waals surface area contributed by atoms with Crippen molar-refractivity contribution in [2.45, 2.75) is 137 Å². The Kier molecular flexibility index (Phi) is 26.8. The summed E-state index contributed by atoms with van der Waals surface area (Å²) in [6, 6.07) is 8.73. The van der Waals surface area contributed by atoms with E-state index in [9.17, 15) is 4.79 Å². The summed E-state index contributed by atoms with van der Waals surface area (Å²) in [4.78, 5) is 17.5. The number of carbonyl (C=O) groups is 1. The van der Waals surface area contributed by atoms with Gasteiger partial charge in [-0.25, -0.2) is 0 Å². The van der Waals surface area contributed by atoms with Gasteiger partial charge in [0.2, 0.25) is 5.91 Å². The van der Waals surface area contributed by atoms with E-state index >= 15 is 0 Å². The summed E-state index contributed by atoms with van der Waals surface area (Å²) in [5.74, 6) is 2.94. The topological polar surface area (TPSA) is 56.7 Å². The minimum Gasteiger partial charge on any atom is -0.385 e. The van der Waals surface area contributed by atoms with Crippen LogP contribution >= 0.6 is 0 Å². The molecule has 1 aliphatic heterocycles. The number of piperazine rings is 1. The first-order valence-electron chi connectivity index (χ1n) is 19.0. The molecule has 1 amide bonds. The maximum Gasteiger partial charge on any atom is 0.249 e. The molecule has 0 aromatic heterocycles. The molecule has 2 saturated carbocycles. The number of benzene rings is 1. The molecule has 0 bridgehead atoms. The molecule has 2 atom stereocenters.